The third-order valence-electron chi connectivity index (χ3n) is 0.482. The zero-order valence-corrected chi connectivity index (χ0v) is 4.68. The van der Waals surface area contributed by atoms with Crippen LogP contribution in [-0.4, -0.2) is 13.3 Å². The zero-order valence-electron chi connectivity index (χ0n) is 4.68. The van der Waals surface area contributed by atoms with Crippen LogP contribution in [0.2, 0.25) is 0 Å². The van der Waals surface area contributed by atoms with E-state index >= 15 is 0 Å². The molecule has 0 aliphatic heterocycles. The Hall–Kier alpha value is -0.790. The largest absolute Gasteiger partial charge is 0.313 e. The monoisotopic (exact) mass is 98.1 g/mol. The summed E-state index contributed by atoms with van der Waals surface area (Å²) in [5.41, 5.74) is 2.62. The van der Waals surface area contributed by atoms with Gasteiger partial charge in [0.1, 0.15) is 0 Å². The van der Waals surface area contributed by atoms with Crippen molar-refractivity contribution in [3.63, 3.8) is 0 Å². The SMILES string of the molecule is C/C=C\C=N/NC. The van der Waals surface area contributed by atoms with E-state index in [0.29, 0.717) is 0 Å². The lowest BCUT2D eigenvalue weighted by Crippen LogP contribution is -1.91. The van der Waals surface area contributed by atoms with Crippen molar-refractivity contribution in [1.82, 2.24) is 5.43 Å². The van der Waals surface area contributed by atoms with Gasteiger partial charge in [0.15, 0.2) is 0 Å². The normalized spacial score (nSPS) is 11.1. The van der Waals surface area contributed by atoms with Crippen LogP contribution in [-0.2, 0) is 0 Å². The number of nitrogens with zero attached hydrogens (tertiary/aromatic N) is 1. The van der Waals surface area contributed by atoms with Gasteiger partial charge in [0, 0.05) is 13.3 Å². The standard InChI is InChI=1S/C5H10N2/c1-3-4-5-7-6-2/h3-6H,1-2H3/b4-3-,7-5-. The van der Waals surface area contributed by atoms with Crippen molar-refractivity contribution in [3.05, 3.63) is 12.2 Å². The van der Waals surface area contributed by atoms with E-state index in [1.807, 2.05) is 19.1 Å². The first-order valence-corrected chi connectivity index (χ1v) is 2.23. The van der Waals surface area contributed by atoms with E-state index in [2.05, 4.69) is 10.5 Å². The van der Waals surface area contributed by atoms with Crippen molar-refractivity contribution >= 4 is 6.21 Å². The van der Waals surface area contributed by atoms with E-state index in [-0.39, 0.29) is 0 Å². The van der Waals surface area contributed by atoms with E-state index in [0.717, 1.165) is 0 Å². The highest BCUT2D eigenvalue weighted by molar-refractivity contribution is 5.70. The molecule has 2 heteroatoms. The first-order valence-electron chi connectivity index (χ1n) is 2.23. The van der Waals surface area contributed by atoms with Crippen molar-refractivity contribution < 1.29 is 0 Å². The Labute approximate surface area is 43.9 Å². The Bertz CT molecular complexity index is 74.1. The maximum Gasteiger partial charge on any atom is 0.0464 e. The predicted octanol–water partition coefficient (Wildman–Crippen LogP) is 0.768. The van der Waals surface area contributed by atoms with Gasteiger partial charge in [-0.15, -0.1) is 0 Å². The fourth-order valence-corrected chi connectivity index (χ4v) is 0.204. The molecule has 0 aromatic rings. The average molecular weight is 98.1 g/mol. The van der Waals surface area contributed by atoms with E-state index in [9.17, 15) is 0 Å². The van der Waals surface area contributed by atoms with Gasteiger partial charge in [0.2, 0.25) is 0 Å². The Kier molecular flexibility index (Phi) is 4.62. The molecule has 0 aliphatic rings. The van der Waals surface area contributed by atoms with Crippen molar-refractivity contribution in [2.75, 3.05) is 7.05 Å². The van der Waals surface area contributed by atoms with Crippen LogP contribution < -0.4 is 5.43 Å². The van der Waals surface area contributed by atoms with Gasteiger partial charge in [-0.05, 0) is 13.0 Å². The van der Waals surface area contributed by atoms with Crippen molar-refractivity contribution in [2.24, 2.45) is 5.10 Å². The highest BCUT2D eigenvalue weighted by atomic mass is 15.3. The summed E-state index contributed by atoms with van der Waals surface area (Å²) in [7, 11) is 1.76. The average Bonchev–Trinajstić information content (AvgIpc) is 1.69. The van der Waals surface area contributed by atoms with Gasteiger partial charge >= 0.3 is 0 Å². The molecule has 0 unspecified atom stereocenters. The van der Waals surface area contributed by atoms with Crippen molar-refractivity contribution in [2.45, 2.75) is 6.92 Å². The minimum absolute atomic E-state index is 1.69. The molecular weight excluding hydrogens is 88.1 g/mol. The molecule has 0 spiro atoms. The number of nitrogens with one attached hydrogen (secondary N) is 1. The maximum atomic E-state index is 3.70. The molecule has 0 rings (SSSR count). The van der Waals surface area contributed by atoms with Gasteiger partial charge in [-0.2, -0.15) is 5.10 Å². The second-order valence-corrected chi connectivity index (χ2v) is 1.03. The van der Waals surface area contributed by atoms with Crippen LogP contribution in [0, 0.1) is 0 Å². The van der Waals surface area contributed by atoms with E-state index in [1.54, 1.807) is 13.3 Å². The Morgan fingerprint density at radius 1 is 1.57 bits per heavy atom. The summed E-state index contributed by atoms with van der Waals surface area (Å²) in [4.78, 5) is 0. The van der Waals surface area contributed by atoms with Crippen LogP contribution in [0.15, 0.2) is 17.3 Å². The molecule has 0 aliphatic carbocycles. The molecule has 0 radical (unpaired) electrons. The fraction of sp³-hybridized carbons (Fsp3) is 0.400. The number of hydrazone groups is 1. The van der Waals surface area contributed by atoms with Crippen molar-refractivity contribution in [1.29, 1.82) is 0 Å². The molecule has 2 nitrogen and oxygen atoms in total. The molecular formula is C5H10N2. The first kappa shape index (κ1) is 6.21. The minimum Gasteiger partial charge on any atom is -0.313 e. The van der Waals surface area contributed by atoms with Crippen LogP contribution in [0.25, 0.3) is 0 Å². The molecule has 7 heavy (non-hydrogen) atoms. The summed E-state index contributed by atoms with van der Waals surface area (Å²) in [5.74, 6) is 0. The van der Waals surface area contributed by atoms with Crippen LogP contribution in [0.5, 0.6) is 0 Å². The lowest BCUT2D eigenvalue weighted by atomic mass is 10.6. The van der Waals surface area contributed by atoms with E-state index in [4.69, 9.17) is 0 Å². The van der Waals surface area contributed by atoms with Crippen molar-refractivity contribution in [3.8, 4) is 0 Å². The topological polar surface area (TPSA) is 24.4 Å². The van der Waals surface area contributed by atoms with Gasteiger partial charge in [-0.25, -0.2) is 0 Å². The maximum absolute atomic E-state index is 3.70. The number of allylic oxidation sites excluding steroid dienone is 2. The Morgan fingerprint density at radius 2 is 2.29 bits per heavy atom. The zero-order chi connectivity index (χ0) is 5.54. The smallest absolute Gasteiger partial charge is 0.0464 e. The lowest BCUT2D eigenvalue weighted by molar-refractivity contribution is 0.909. The molecule has 0 saturated heterocycles. The fourth-order valence-electron chi connectivity index (χ4n) is 0.204. The molecule has 40 valence electrons. The van der Waals surface area contributed by atoms with Crippen LogP contribution in [0.3, 0.4) is 0 Å². The third-order valence-corrected chi connectivity index (χ3v) is 0.482. The second-order valence-electron chi connectivity index (χ2n) is 1.03. The molecule has 0 atom stereocenters. The van der Waals surface area contributed by atoms with E-state index in [1.165, 1.54) is 0 Å². The minimum atomic E-state index is 1.69. The summed E-state index contributed by atoms with van der Waals surface area (Å²) in [6.45, 7) is 1.95. The number of hydrogen-bond acceptors (Lipinski definition) is 2. The predicted molar refractivity (Wildman–Crippen MR) is 32.4 cm³/mol. The van der Waals surface area contributed by atoms with Gasteiger partial charge < -0.3 is 5.43 Å². The molecule has 0 heterocycles. The summed E-state index contributed by atoms with van der Waals surface area (Å²) in [6, 6.07) is 0. The molecule has 0 aromatic carbocycles. The van der Waals surface area contributed by atoms with Gasteiger partial charge in [-0.3, -0.25) is 0 Å². The van der Waals surface area contributed by atoms with Crippen LogP contribution in [0.1, 0.15) is 6.92 Å². The summed E-state index contributed by atoms with van der Waals surface area (Å²) in [6.07, 6.45) is 5.47. The van der Waals surface area contributed by atoms with Gasteiger partial charge in [0.25, 0.3) is 0 Å². The van der Waals surface area contributed by atoms with Gasteiger partial charge in [0.05, 0.1) is 0 Å². The highest BCUT2D eigenvalue weighted by Crippen LogP contribution is 1.60. The molecule has 0 bridgehead atoms. The highest BCUT2D eigenvalue weighted by Gasteiger charge is 1.54. The molecule has 0 amide bonds. The number of rotatable bonds is 2. The summed E-state index contributed by atoms with van der Waals surface area (Å²) < 4.78 is 0. The Balaban J connectivity index is 3.09. The molecule has 1 N–H and O–H groups in total. The summed E-state index contributed by atoms with van der Waals surface area (Å²) >= 11 is 0. The molecule has 0 aromatic heterocycles. The summed E-state index contributed by atoms with van der Waals surface area (Å²) in [5, 5.41) is 3.70. The first-order chi connectivity index (χ1) is 3.41. The molecule has 0 fully saturated rings. The molecule has 0 saturated carbocycles. The van der Waals surface area contributed by atoms with Crippen LogP contribution >= 0.6 is 0 Å². The van der Waals surface area contributed by atoms with Crippen LogP contribution in [0.4, 0.5) is 0 Å². The second kappa shape index (κ2) is 5.21. The lowest BCUT2D eigenvalue weighted by Gasteiger charge is -1.77. The Morgan fingerprint density at radius 3 is 2.71 bits per heavy atom. The van der Waals surface area contributed by atoms with Gasteiger partial charge in [-0.1, -0.05) is 6.08 Å². The number of hydrogen-bond donors (Lipinski definition) is 1. The van der Waals surface area contributed by atoms with E-state index < -0.39 is 0 Å². The third kappa shape index (κ3) is 5.21. The quantitative estimate of drug-likeness (QED) is 0.400.